The molecular weight excluding hydrogens is 378 g/mol. The number of hydrogen-bond acceptors (Lipinski definition) is 5. The average molecular weight is 406 g/mol. The van der Waals surface area contributed by atoms with Crippen LogP contribution >= 0.6 is 0 Å². The zero-order valence-electron chi connectivity index (χ0n) is 17.3. The highest BCUT2D eigenvalue weighted by Gasteiger charge is 2.28. The molecule has 0 radical (unpaired) electrons. The Morgan fingerprint density at radius 1 is 1.10 bits per heavy atom. The third-order valence-corrected chi connectivity index (χ3v) is 6.40. The number of amides is 1. The summed E-state index contributed by atoms with van der Waals surface area (Å²) >= 11 is 0. The first-order valence-electron chi connectivity index (χ1n) is 10.8. The minimum Gasteiger partial charge on any atom is -0.348 e. The van der Waals surface area contributed by atoms with E-state index in [1.165, 1.54) is 6.42 Å². The van der Waals surface area contributed by atoms with Gasteiger partial charge in [-0.3, -0.25) is 24.1 Å². The van der Waals surface area contributed by atoms with Crippen LogP contribution in [0, 0.1) is 0 Å². The summed E-state index contributed by atoms with van der Waals surface area (Å²) in [7, 11) is 1.89. The molecule has 3 heterocycles. The Morgan fingerprint density at radius 3 is 2.73 bits per heavy atom. The largest absolute Gasteiger partial charge is 0.348 e. The Balaban J connectivity index is 1.20. The van der Waals surface area contributed by atoms with Crippen LogP contribution in [0.2, 0.25) is 0 Å². The second-order valence-electron chi connectivity index (χ2n) is 8.38. The topological polar surface area (TPSA) is 90.5 Å². The standard InChI is InChI=1S/C22H27N7O/c1-28-21(18-4-2-3-5-19(18)27-28)22(30)26-16-6-8-17(9-7-16)29-14-15(12-25-29)20-13-23-10-11-24-20/h10-14,16-17H,2-9H2,1H3,(H,26,30). The number of carbonyl (C=O) groups is 1. The molecule has 2 aliphatic carbocycles. The Bertz CT molecular complexity index is 1030. The maximum Gasteiger partial charge on any atom is 0.270 e. The van der Waals surface area contributed by atoms with Crippen molar-refractivity contribution in [2.45, 2.75) is 63.5 Å². The van der Waals surface area contributed by atoms with Crippen molar-refractivity contribution in [3.05, 3.63) is 47.9 Å². The summed E-state index contributed by atoms with van der Waals surface area (Å²) < 4.78 is 3.81. The van der Waals surface area contributed by atoms with Crippen molar-refractivity contribution in [2.75, 3.05) is 0 Å². The van der Waals surface area contributed by atoms with E-state index in [-0.39, 0.29) is 11.9 Å². The van der Waals surface area contributed by atoms with Crippen molar-refractivity contribution < 1.29 is 4.79 Å². The van der Waals surface area contributed by atoms with E-state index >= 15 is 0 Å². The molecule has 30 heavy (non-hydrogen) atoms. The fourth-order valence-corrected chi connectivity index (χ4v) is 4.82. The summed E-state index contributed by atoms with van der Waals surface area (Å²) in [4.78, 5) is 21.4. The molecule has 156 valence electrons. The molecule has 3 aromatic heterocycles. The molecule has 0 bridgehead atoms. The van der Waals surface area contributed by atoms with Crippen molar-refractivity contribution >= 4 is 5.91 Å². The second-order valence-corrected chi connectivity index (χ2v) is 8.38. The van der Waals surface area contributed by atoms with Crippen molar-refractivity contribution in [3.8, 4) is 11.3 Å². The molecule has 1 amide bonds. The summed E-state index contributed by atoms with van der Waals surface area (Å²) in [5.74, 6) is 0.0284. The fraction of sp³-hybridized carbons (Fsp3) is 0.500. The molecule has 5 rings (SSSR count). The molecule has 0 atom stereocenters. The lowest BCUT2D eigenvalue weighted by atomic mass is 9.90. The first kappa shape index (κ1) is 19.0. The van der Waals surface area contributed by atoms with Gasteiger partial charge in [-0.15, -0.1) is 0 Å². The highest BCUT2D eigenvalue weighted by atomic mass is 16.2. The maximum atomic E-state index is 13.0. The molecule has 8 heteroatoms. The molecule has 0 aromatic carbocycles. The van der Waals surface area contributed by atoms with Gasteiger partial charge in [-0.05, 0) is 51.4 Å². The number of carbonyl (C=O) groups excluding carboxylic acids is 1. The molecule has 2 aliphatic rings. The minimum atomic E-state index is 0.0284. The van der Waals surface area contributed by atoms with Crippen molar-refractivity contribution in [2.24, 2.45) is 7.05 Å². The lowest BCUT2D eigenvalue weighted by Gasteiger charge is -2.29. The van der Waals surface area contributed by atoms with Crippen LogP contribution in [-0.2, 0) is 19.9 Å². The second kappa shape index (κ2) is 8.01. The molecule has 0 aliphatic heterocycles. The van der Waals surface area contributed by atoms with Gasteiger partial charge in [0.1, 0.15) is 5.69 Å². The van der Waals surface area contributed by atoms with E-state index in [0.29, 0.717) is 6.04 Å². The Kier molecular flexibility index (Phi) is 5.06. The van der Waals surface area contributed by atoms with Crippen LogP contribution in [0.15, 0.2) is 31.0 Å². The van der Waals surface area contributed by atoms with E-state index in [0.717, 1.165) is 73.2 Å². The first-order valence-corrected chi connectivity index (χ1v) is 10.8. The van der Waals surface area contributed by atoms with Crippen LogP contribution in [0.5, 0.6) is 0 Å². The van der Waals surface area contributed by atoms with E-state index in [4.69, 9.17) is 0 Å². The number of rotatable bonds is 4. The molecule has 1 saturated carbocycles. The summed E-state index contributed by atoms with van der Waals surface area (Å²) in [5, 5.41) is 12.4. The smallest absolute Gasteiger partial charge is 0.270 e. The average Bonchev–Trinajstić information content (AvgIpc) is 3.39. The van der Waals surface area contributed by atoms with Crippen molar-refractivity contribution in [1.29, 1.82) is 0 Å². The lowest BCUT2D eigenvalue weighted by molar-refractivity contribution is 0.0911. The summed E-state index contributed by atoms with van der Waals surface area (Å²) in [6.45, 7) is 0. The molecule has 0 spiro atoms. The number of aryl methyl sites for hydroxylation is 2. The predicted molar refractivity (Wildman–Crippen MR) is 112 cm³/mol. The molecule has 3 aromatic rings. The van der Waals surface area contributed by atoms with Crippen LogP contribution in [0.1, 0.15) is 66.3 Å². The highest BCUT2D eigenvalue weighted by molar-refractivity contribution is 5.94. The SMILES string of the molecule is Cn1nc2c(c1C(=O)NC1CCC(n3cc(-c4cnccn4)cn3)CC1)CCCC2. The van der Waals surface area contributed by atoms with Gasteiger partial charge < -0.3 is 5.32 Å². The normalized spacial score (nSPS) is 21.2. The Labute approximate surface area is 175 Å². The van der Waals surface area contributed by atoms with E-state index < -0.39 is 0 Å². The molecule has 8 nitrogen and oxygen atoms in total. The van der Waals surface area contributed by atoms with Crippen LogP contribution in [-0.4, -0.2) is 41.5 Å². The van der Waals surface area contributed by atoms with Gasteiger partial charge in [0.25, 0.3) is 5.91 Å². The predicted octanol–water partition coefficient (Wildman–Crippen LogP) is 2.87. The van der Waals surface area contributed by atoms with Gasteiger partial charge in [0.15, 0.2) is 0 Å². The van der Waals surface area contributed by atoms with E-state index in [1.54, 1.807) is 23.3 Å². The van der Waals surface area contributed by atoms with Crippen LogP contribution in [0.25, 0.3) is 11.3 Å². The highest BCUT2D eigenvalue weighted by Crippen LogP contribution is 2.30. The van der Waals surface area contributed by atoms with Crippen molar-refractivity contribution in [1.82, 2.24) is 34.8 Å². The molecule has 0 unspecified atom stereocenters. The summed E-state index contributed by atoms with van der Waals surface area (Å²) in [5.41, 5.74) is 4.84. The van der Waals surface area contributed by atoms with Crippen LogP contribution in [0.3, 0.4) is 0 Å². The number of hydrogen-bond donors (Lipinski definition) is 1. The van der Waals surface area contributed by atoms with Crippen LogP contribution in [0.4, 0.5) is 0 Å². The molecular formula is C22H27N7O. The van der Waals surface area contributed by atoms with E-state index in [9.17, 15) is 4.79 Å². The monoisotopic (exact) mass is 405 g/mol. The lowest BCUT2D eigenvalue weighted by Crippen LogP contribution is -2.39. The van der Waals surface area contributed by atoms with Gasteiger partial charge >= 0.3 is 0 Å². The number of nitrogens with zero attached hydrogens (tertiary/aromatic N) is 6. The minimum absolute atomic E-state index is 0.0284. The van der Waals surface area contributed by atoms with Gasteiger partial charge in [-0.25, -0.2) is 0 Å². The third-order valence-electron chi connectivity index (χ3n) is 6.40. The van der Waals surface area contributed by atoms with Gasteiger partial charge in [-0.1, -0.05) is 0 Å². The summed E-state index contributed by atoms with van der Waals surface area (Å²) in [6, 6.07) is 0.561. The quantitative estimate of drug-likeness (QED) is 0.721. The van der Waals surface area contributed by atoms with Crippen LogP contribution < -0.4 is 5.32 Å². The Morgan fingerprint density at radius 2 is 1.93 bits per heavy atom. The maximum absolute atomic E-state index is 13.0. The molecule has 1 fully saturated rings. The zero-order valence-corrected chi connectivity index (χ0v) is 17.3. The third kappa shape index (κ3) is 3.62. The van der Waals surface area contributed by atoms with Crippen molar-refractivity contribution in [3.63, 3.8) is 0 Å². The van der Waals surface area contributed by atoms with Gasteiger partial charge in [0.05, 0.1) is 29.8 Å². The van der Waals surface area contributed by atoms with E-state index in [1.807, 2.05) is 17.9 Å². The molecule has 0 saturated heterocycles. The number of fused-ring (bicyclic) bond motifs is 1. The van der Waals surface area contributed by atoms with Gasteiger partial charge in [-0.2, -0.15) is 10.2 Å². The fourth-order valence-electron chi connectivity index (χ4n) is 4.82. The molecule has 1 N–H and O–H groups in total. The van der Waals surface area contributed by atoms with Gasteiger partial charge in [0.2, 0.25) is 0 Å². The van der Waals surface area contributed by atoms with E-state index in [2.05, 4.69) is 31.7 Å². The number of nitrogens with one attached hydrogen (secondary N) is 1. The number of aromatic nitrogens is 6. The first-order chi connectivity index (χ1) is 14.7. The summed E-state index contributed by atoms with van der Waals surface area (Å²) in [6.07, 6.45) is 17.2. The zero-order chi connectivity index (χ0) is 20.5. The Hall–Kier alpha value is -3.03. The van der Waals surface area contributed by atoms with Gasteiger partial charge in [0, 0.05) is 42.8 Å².